The Bertz CT molecular complexity index is 678. The summed E-state index contributed by atoms with van der Waals surface area (Å²) in [5, 5.41) is 0.404. The molecule has 0 amide bonds. The van der Waals surface area contributed by atoms with Crippen LogP contribution in [-0.4, -0.2) is 8.42 Å². The molecule has 1 heterocycles. The molecule has 0 radical (unpaired) electrons. The Kier molecular flexibility index (Phi) is 4.68. The Balaban J connectivity index is 2.14. The van der Waals surface area contributed by atoms with Gasteiger partial charge in [0.1, 0.15) is 4.21 Å². The first-order valence-corrected chi connectivity index (χ1v) is 8.85. The van der Waals surface area contributed by atoms with Crippen LogP contribution in [0, 0.1) is 6.92 Å². The lowest BCUT2D eigenvalue weighted by molar-refractivity contribution is 0.583. The van der Waals surface area contributed by atoms with Crippen molar-refractivity contribution in [3.05, 3.63) is 50.3 Å². The molecule has 1 aromatic heterocycles. The van der Waals surface area contributed by atoms with Crippen molar-refractivity contribution in [3.63, 3.8) is 0 Å². The van der Waals surface area contributed by atoms with E-state index in [2.05, 4.69) is 20.7 Å². The molecule has 2 aromatic rings. The van der Waals surface area contributed by atoms with Crippen molar-refractivity contribution in [1.29, 1.82) is 0 Å². The molecule has 19 heavy (non-hydrogen) atoms. The van der Waals surface area contributed by atoms with Crippen LogP contribution in [0.5, 0.6) is 0 Å². The summed E-state index contributed by atoms with van der Waals surface area (Å²) in [5.41, 5.74) is 2.02. The molecule has 1 aromatic carbocycles. The summed E-state index contributed by atoms with van der Waals surface area (Å²) in [6.45, 7) is 2.23. The zero-order chi connectivity index (χ0) is 14.0. The summed E-state index contributed by atoms with van der Waals surface area (Å²) in [7, 11) is -3.52. The van der Waals surface area contributed by atoms with Gasteiger partial charge in [0.15, 0.2) is 0 Å². The summed E-state index contributed by atoms with van der Waals surface area (Å²) >= 11 is 10.1. The first-order chi connectivity index (χ1) is 8.88. The number of benzene rings is 1. The van der Waals surface area contributed by atoms with Crippen LogP contribution >= 0.6 is 38.9 Å². The average molecular weight is 381 g/mol. The van der Waals surface area contributed by atoms with Gasteiger partial charge in [-0.2, -0.15) is 0 Å². The molecule has 0 saturated heterocycles. The predicted molar refractivity (Wildman–Crippen MR) is 82.2 cm³/mol. The summed E-state index contributed by atoms with van der Waals surface area (Å²) < 4.78 is 27.5. The quantitative estimate of drug-likeness (QED) is 0.873. The van der Waals surface area contributed by atoms with E-state index >= 15 is 0 Å². The van der Waals surface area contributed by atoms with Gasteiger partial charge >= 0.3 is 0 Å². The van der Waals surface area contributed by atoms with E-state index < -0.39 is 10.0 Å². The van der Waals surface area contributed by atoms with Crippen molar-refractivity contribution in [3.8, 4) is 0 Å². The number of halogens is 2. The smallest absolute Gasteiger partial charge is 0.206 e. The minimum atomic E-state index is -3.52. The second-order valence-electron chi connectivity index (χ2n) is 4.00. The molecule has 102 valence electrons. The molecular weight excluding hydrogens is 370 g/mol. The number of thiophene rings is 1. The third-order valence-electron chi connectivity index (χ3n) is 2.44. The Labute approximate surface area is 129 Å². The van der Waals surface area contributed by atoms with Gasteiger partial charge in [0.2, 0.25) is 10.0 Å². The van der Waals surface area contributed by atoms with Crippen LogP contribution in [0.4, 0.5) is 0 Å². The number of sulfonamides is 1. The Morgan fingerprint density at radius 1 is 1.37 bits per heavy atom. The van der Waals surface area contributed by atoms with E-state index in [1.807, 2.05) is 31.2 Å². The molecule has 0 unspecified atom stereocenters. The Morgan fingerprint density at radius 2 is 2.11 bits per heavy atom. The number of nitrogens with one attached hydrogen (secondary N) is 1. The SMILES string of the molecule is Cc1cccc(CNS(=O)(=O)c2cc(Cl)c(Br)s2)c1. The number of aryl methyl sites for hydroxylation is 1. The van der Waals surface area contributed by atoms with Crippen LogP contribution in [-0.2, 0) is 16.6 Å². The summed E-state index contributed by atoms with van der Waals surface area (Å²) in [6.07, 6.45) is 0. The van der Waals surface area contributed by atoms with Crippen LogP contribution in [0.25, 0.3) is 0 Å². The predicted octanol–water partition coefficient (Wildman–Crippen LogP) is 3.95. The minimum Gasteiger partial charge on any atom is -0.206 e. The second-order valence-corrected chi connectivity index (χ2v) is 8.77. The van der Waals surface area contributed by atoms with E-state index in [1.54, 1.807) is 0 Å². The lowest BCUT2D eigenvalue weighted by atomic mass is 10.1. The van der Waals surface area contributed by atoms with Gasteiger partial charge < -0.3 is 0 Å². The molecule has 7 heteroatoms. The molecule has 0 spiro atoms. The number of hydrogen-bond acceptors (Lipinski definition) is 3. The molecule has 0 bridgehead atoms. The summed E-state index contributed by atoms with van der Waals surface area (Å²) in [6, 6.07) is 9.13. The Morgan fingerprint density at radius 3 is 2.68 bits per heavy atom. The molecular formula is C12H11BrClNO2S2. The zero-order valence-electron chi connectivity index (χ0n) is 9.98. The maximum absolute atomic E-state index is 12.1. The van der Waals surface area contributed by atoms with Crippen LogP contribution < -0.4 is 4.72 Å². The lowest BCUT2D eigenvalue weighted by Crippen LogP contribution is -2.22. The van der Waals surface area contributed by atoms with Gasteiger partial charge in [0, 0.05) is 6.54 Å². The average Bonchev–Trinajstić information content (AvgIpc) is 2.68. The van der Waals surface area contributed by atoms with Crippen molar-refractivity contribution in [2.45, 2.75) is 17.7 Å². The van der Waals surface area contributed by atoms with E-state index in [1.165, 1.54) is 6.07 Å². The fraction of sp³-hybridized carbons (Fsp3) is 0.167. The van der Waals surface area contributed by atoms with Crippen molar-refractivity contribution in [2.24, 2.45) is 0 Å². The second kappa shape index (κ2) is 5.93. The van der Waals surface area contributed by atoms with Gasteiger partial charge in [-0.1, -0.05) is 41.4 Å². The molecule has 0 aliphatic rings. The molecule has 2 rings (SSSR count). The van der Waals surface area contributed by atoms with E-state index in [9.17, 15) is 8.42 Å². The van der Waals surface area contributed by atoms with Gasteiger partial charge in [-0.15, -0.1) is 11.3 Å². The van der Waals surface area contributed by atoms with Crippen LogP contribution in [0.2, 0.25) is 5.02 Å². The molecule has 3 nitrogen and oxygen atoms in total. The first-order valence-electron chi connectivity index (χ1n) is 5.38. The maximum atomic E-state index is 12.1. The number of hydrogen-bond donors (Lipinski definition) is 1. The summed E-state index contributed by atoms with van der Waals surface area (Å²) in [4.78, 5) is 0. The van der Waals surface area contributed by atoms with E-state index in [-0.39, 0.29) is 10.8 Å². The van der Waals surface area contributed by atoms with Crippen LogP contribution in [0.3, 0.4) is 0 Å². The van der Waals surface area contributed by atoms with Crippen molar-refractivity contribution in [1.82, 2.24) is 4.72 Å². The molecule has 0 aliphatic carbocycles. The highest BCUT2D eigenvalue weighted by molar-refractivity contribution is 9.11. The standard InChI is InChI=1S/C12H11BrClNO2S2/c1-8-3-2-4-9(5-8)7-15-19(16,17)11-6-10(14)12(13)18-11/h2-6,15H,7H2,1H3. The maximum Gasteiger partial charge on any atom is 0.250 e. The van der Waals surface area contributed by atoms with Gasteiger partial charge in [0.25, 0.3) is 0 Å². The third-order valence-corrected chi connectivity index (χ3v) is 6.79. The van der Waals surface area contributed by atoms with Gasteiger partial charge in [-0.25, -0.2) is 13.1 Å². The van der Waals surface area contributed by atoms with E-state index in [4.69, 9.17) is 11.6 Å². The molecule has 0 fully saturated rings. The van der Waals surface area contributed by atoms with Gasteiger partial charge in [0.05, 0.1) is 8.81 Å². The highest BCUT2D eigenvalue weighted by Gasteiger charge is 2.18. The third kappa shape index (κ3) is 3.79. The molecule has 0 saturated carbocycles. The highest BCUT2D eigenvalue weighted by Crippen LogP contribution is 2.34. The fourth-order valence-corrected chi connectivity index (χ4v) is 4.99. The molecule has 0 aliphatic heterocycles. The van der Waals surface area contributed by atoms with Gasteiger partial charge in [-0.05, 0) is 34.5 Å². The van der Waals surface area contributed by atoms with E-state index in [0.717, 1.165) is 22.5 Å². The van der Waals surface area contributed by atoms with Crippen molar-refractivity contribution < 1.29 is 8.42 Å². The van der Waals surface area contributed by atoms with Crippen LogP contribution in [0.1, 0.15) is 11.1 Å². The monoisotopic (exact) mass is 379 g/mol. The normalized spacial score (nSPS) is 11.7. The summed E-state index contributed by atoms with van der Waals surface area (Å²) in [5.74, 6) is 0. The van der Waals surface area contributed by atoms with Gasteiger partial charge in [-0.3, -0.25) is 0 Å². The van der Waals surface area contributed by atoms with E-state index in [0.29, 0.717) is 8.81 Å². The topological polar surface area (TPSA) is 46.2 Å². The van der Waals surface area contributed by atoms with Crippen molar-refractivity contribution in [2.75, 3.05) is 0 Å². The molecule has 1 N–H and O–H groups in total. The molecule has 0 atom stereocenters. The number of rotatable bonds is 4. The first kappa shape index (κ1) is 15.0. The van der Waals surface area contributed by atoms with Crippen LogP contribution in [0.15, 0.2) is 38.3 Å². The fourth-order valence-electron chi connectivity index (χ4n) is 1.53. The largest absolute Gasteiger partial charge is 0.250 e. The minimum absolute atomic E-state index is 0.206. The zero-order valence-corrected chi connectivity index (χ0v) is 14.0. The lowest BCUT2D eigenvalue weighted by Gasteiger charge is -2.05. The highest BCUT2D eigenvalue weighted by atomic mass is 79.9. The van der Waals surface area contributed by atoms with Crippen molar-refractivity contribution >= 4 is 48.9 Å². The Hall–Kier alpha value is -0.400.